The molecule has 84 valence electrons. The van der Waals surface area contributed by atoms with Crippen LogP contribution in [0.4, 0.5) is 0 Å². The average Bonchev–Trinajstić information content (AvgIpc) is 2.11. The first kappa shape index (κ1) is 13.4. The summed E-state index contributed by atoms with van der Waals surface area (Å²) in [4.78, 5) is 11.1. The second-order valence-electron chi connectivity index (χ2n) is 3.95. The Labute approximate surface area is 85.6 Å². The van der Waals surface area contributed by atoms with E-state index in [1.54, 1.807) is 0 Å². The van der Waals surface area contributed by atoms with Gasteiger partial charge < -0.3 is 9.84 Å². The maximum atomic E-state index is 11.1. The van der Waals surface area contributed by atoms with Crippen LogP contribution in [0.2, 0.25) is 0 Å². The largest absolute Gasteiger partial charge is 0.480 e. The van der Waals surface area contributed by atoms with Gasteiger partial charge in [-0.1, -0.05) is 20.8 Å². The van der Waals surface area contributed by atoms with Gasteiger partial charge in [-0.15, -0.1) is 0 Å². The molecule has 0 rings (SSSR count). The molecule has 0 aliphatic heterocycles. The lowest BCUT2D eigenvalue weighted by Crippen LogP contribution is -2.56. The molecule has 0 saturated carbocycles. The zero-order chi connectivity index (χ0) is 11.2. The molecule has 0 aliphatic carbocycles. The number of ether oxygens (including phenoxy) is 1. The van der Waals surface area contributed by atoms with Crippen LogP contribution in [0.15, 0.2) is 0 Å². The highest BCUT2D eigenvalue weighted by Crippen LogP contribution is 2.11. The van der Waals surface area contributed by atoms with E-state index in [4.69, 9.17) is 9.84 Å². The Morgan fingerprint density at radius 2 is 2.14 bits per heavy atom. The van der Waals surface area contributed by atoms with Gasteiger partial charge in [0.05, 0.1) is 6.61 Å². The van der Waals surface area contributed by atoms with Gasteiger partial charge in [0.15, 0.2) is 0 Å². The Kier molecular flexibility index (Phi) is 5.72. The summed E-state index contributed by atoms with van der Waals surface area (Å²) in [5.74, 6) is -0.417. The summed E-state index contributed by atoms with van der Waals surface area (Å²) in [7, 11) is 1.52. The fraction of sp³-hybridized carbons (Fsp3) is 0.900. The third-order valence-electron chi connectivity index (χ3n) is 2.25. The molecule has 2 N–H and O–H groups in total. The number of hydrogen-bond donors (Lipinski definition) is 2. The van der Waals surface area contributed by atoms with Gasteiger partial charge in [-0.3, -0.25) is 10.1 Å². The van der Waals surface area contributed by atoms with E-state index in [9.17, 15) is 4.79 Å². The zero-order valence-corrected chi connectivity index (χ0v) is 9.46. The molecular weight excluding hydrogens is 182 g/mol. The van der Waals surface area contributed by atoms with Crippen LogP contribution in [0, 0.1) is 5.92 Å². The number of nitrogens with one attached hydrogen (secondary N) is 1. The minimum absolute atomic E-state index is 0.200. The minimum Gasteiger partial charge on any atom is -0.480 e. The maximum absolute atomic E-state index is 11.1. The predicted molar refractivity (Wildman–Crippen MR) is 55.4 cm³/mol. The first-order valence-corrected chi connectivity index (χ1v) is 4.96. The Bertz CT molecular complexity index is 182. The lowest BCUT2D eigenvalue weighted by Gasteiger charge is -2.29. The van der Waals surface area contributed by atoms with Gasteiger partial charge in [0.2, 0.25) is 0 Å². The smallest absolute Gasteiger partial charge is 0.326 e. The number of carboxylic acid groups (broad SMARTS) is 1. The van der Waals surface area contributed by atoms with Crippen molar-refractivity contribution in [2.75, 3.05) is 20.3 Å². The standard InChI is InChI=1S/C10H21NO3/c1-5-10(7-14-4,9(12)13)11-6-8(2)3/h8,11H,5-7H2,1-4H3,(H,12,13). The van der Waals surface area contributed by atoms with Crippen molar-refractivity contribution in [1.29, 1.82) is 0 Å². The fourth-order valence-electron chi connectivity index (χ4n) is 1.21. The van der Waals surface area contributed by atoms with Crippen molar-refractivity contribution in [3.8, 4) is 0 Å². The second kappa shape index (κ2) is 5.98. The van der Waals surface area contributed by atoms with Crippen molar-refractivity contribution in [3.05, 3.63) is 0 Å². The molecule has 0 bridgehead atoms. The average molecular weight is 203 g/mol. The highest BCUT2D eigenvalue weighted by atomic mass is 16.5. The Morgan fingerprint density at radius 1 is 1.57 bits per heavy atom. The van der Waals surface area contributed by atoms with E-state index in [-0.39, 0.29) is 6.61 Å². The Morgan fingerprint density at radius 3 is 2.43 bits per heavy atom. The number of carboxylic acids is 1. The molecule has 14 heavy (non-hydrogen) atoms. The van der Waals surface area contributed by atoms with E-state index >= 15 is 0 Å². The van der Waals surface area contributed by atoms with Crippen LogP contribution in [0.25, 0.3) is 0 Å². The van der Waals surface area contributed by atoms with E-state index in [0.717, 1.165) is 0 Å². The van der Waals surface area contributed by atoms with Crippen LogP contribution in [0.3, 0.4) is 0 Å². The molecule has 0 aromatic heterocycles. The van der Waals surface area contributed by atoms with Crippen molar-refractivity contribution < 1.29 is 14.6 Å². The summed E-state index contributed by atoms with van der Waals surface area (Å²) >= 11 is 0. The summed E-state index contributed by atoms with van der Waals surface area (Å²) in [6.07, 6.45) is 0.517. The number of hydrogen-bond acceptors (Lipinski definition) is 3. The molecule has 0 spiro atoms. The molecule has 4 heteroatoms. The van der Waals surface area contributed by atoms with Crippen LogP contribution in [0.5, 0.6) is 0 Å². The molecule has 0 aliphatic rings. The maximum Gasteiger partial charge on any atom is 0.326 e. The number of methoxy groups -OCH3 is 1. The quantitative estimate of drug-likeness (QED) is 0.651. The molecule has 1 atom stereocenters. The van der Waals surface area contributed by atoms with E-state index in [1.165, 1.54) is 7.11 Å². The van der Waals surface area contributed by atoms with Crippen molar-refractivity contribution >= 4 is 5.97 Å². The fourth-order valence-corrected chi connectivity index (χ4v) is 1.21. The number of rotatable bonds is 7. The van der Waals surface area contributed by atoms with Crippen molar-refractivity contribution in [2.24, 2.45) is 5.92 Å². The lowest BCUT2D eigenvalue weighted by atomic mass is 9.96. The summed E-state index contributed by atoms with van der Waals surface area (Å²) in [5, 5.41) is 12.2. The molecule has 0 saturated heterocycles. The Balaban J connectivity index is 4.41. The van der Waals surface area contributed by atoms with Crippen LogP contribution >= 0.6 is 0 Å². The van der Waals surface area contributed by atoms with Gasteiger partial charge in [0, 0.05) is 7.11 Å². The van der Waals surface area contributed by atoms with Gasteiger partial charge in [0.25, 0.3) is 0 Å². The van der Waals surface area contributed by atoms with Crippen molar-refractivity contribution in [2.45, 2.75) is 32.7 Å². The monoisotopic (exact) mass is 203 g/mol. The molecular formula is C10H21NO3. The van der Waals surface area contributed by atoms with Crippen LogP contribution in [-0.4, -0.2) is 36.9 Å². The summed E-state index contributed by atoms with van der Waals surface area (Å²) in [6.45, 7) is 6.82. The van der Waals surface area contributed by atoms with Crippen molar-refractivity contribution in [1.82, 2.24) is 5.32 Å². The summed E-state index contributed by atoms with van der Waals surface area (Å²) < 4.78 is 4.95. The number of aliphatic carboxylic acids is 1. The predicted octanol–water partition coefficient (Wildman–Crippen LogP) is 1.11. The van der Waals surface area contributed by atoms with Gasteiger partial charge in [-0.05, 0) is 18.9 Å². The summed E-state index contributed by atoms with van der Waals surface area (Å²) in [6, 6.07) is 0. The van der Waals surface area contributed by atoms with Gasteiger partial charge in [-0.25, -0.2) is 0 Å². The summed E-state index contributed by atoms with van der Waals surface area (Å²) in [5.41, 5.74) is -0.932. The second-order valence-corrected chi connectivity index (χ2v) is 3.95. The molecule has 4 nitrogen and oxygen atoms in total. The molecule has 0 heterocycles. The van der Waals surface area contributed by atoms with Crippen LogP contribution in [0.1, 0.15) is 27.2 Å². The molecule has 1 unspecified atom stereocenters. The third kappa shape index (κ3) is 3.64. The van der Waals surface area contributed by atoms with Gasteiger partial charge in [0.1, 0.15) is 5.54 Å². The Hall–Kier alpha value is -0.610. The van der Waals surface area contributed by atoms with Crippen LogP contribution < -0.4 is 5.32 Å². The molecule has 0 aromatic carbocycles. The first-order valence-electron chi connectivity index (χ1n) is 4.96. The molecule has 0 amide bonds. The van der Waals surface area contributed by atoms with E-state index in [2.05, 4.69) is 5.32 Å². The van der Waals surface area contributed by atoms with Crippen LogP contribution in [-0.2, 0) is 9.53 Å². The van der Waals surface area contributed by atoms with E-state index < -0.39 is 11.5 Å². The minimum atomic E-state index is -0.932. The topological polar surface area (TPSA) is 58.6 Å². The third-order valence-corrected chi connectivity index (χ3v) is 2.25. The SMILES string of the molecule is CCC(COC)(NCC(C)C)C(=O)O. The molecule has 0 aromatic rings. The number of carbonyl (C=O) groups is 1. The van der Waals surface area contributed by atoms with E-state index in [0.29, 0.717) is 18.9 Å². The molecule has 0 radical (unpaired) electrons. The normalized spacial score (nSPS) is 15.5. The van der Waals surface area contributed by atoms with Gasteiger partial charge in [-0.2, -0.15) is 0 Å². The highest BCUT2D eigenvalue weighted by Gasteiger charge is 2.36. The molecule has 0 fully saturated rings. The highest BCUT2D eigenvalue weighted by molar-refractivity contribution is 5.78. The van der Waals surface area contributed by atoms with Crippen molar-refractivity contribution in [3.63, 3.8) is 0 Å². The first-order chi connectivity index (χ1) is 6.48. The van der Waals surface area contributed by atoms with E-state index in [1.807, 2.05) is 20.8 Å². The lowest BCUT2D eigenvalue weighted by molar-refractivity contribution is -0.147. The zero-order valence-electron chi connectivity index (χ0n) is 9.46. The van der Waals surface area contributed by atoms with Gasteiger partial charge >= 0.3 is 5.97 Å².